The van der Waals surface area contributed by atoms with Crippen molar-refractivity contribution in [3.63, 3.8) is 0 Å². The van der Waals surface area contributed by atoms with Crippen molar-refractivity contribution < 1.29 is 9.53 Å². The summed E-state index contributed by atoms with van der Waals surface area (Å²) in [4.78, 5) is 14.4. The Kier molecular flexibility index (Phi) is 7.48. The van der Waals surface area contributed by atoms with Gasteiger partial charge in [0.1, 0.15) is 0 Å². The molecule has 1 rings (SSSR count). The highest BCUT2D eigenvalue weighted by Crippen LogP contribution is 2.31. The van der Waals surface area contributed by atoms with Gasteiger partial charge in [-0.15, -0.1) is 0 Å². The van der Waals surface area contributed by atoms with Crippen LogP contribution in [-0.4, -0.2) is 55.7 Å². The number of nitrogens with zero attached hydrogens (tertiary/aromatic N) is 1. The second-order valence-corrected chi connectivity index (χ2v) is 5.74. The van der Waals surface area contributed by atoms with Crippen LogP contribution in [0.5, 0.6) is 0 Å². The third-order valence-electron chi connectivity index (χ3n) is 4.42. The van der Waals surface area contributed by atoms with E-state index in [2.05, 4.69) is 24.1 Å². The van der Waals surface area contributed by atoms with Crippen LogP contribution < -0.4 is 11.1 Å². The van der Waals surface area contributed by atoms with Gasteiger partial charge in [0.25, 0.3) is 0 Å². The van der Waals surface area contributed by atoms with Crippen LogP contribution in [0.4, 0.5) is 0 Å². The molecule has 5 heteroatoms. The summed E-state index contributed by atoms with van der Waals surface area (Å²) < 4.78 is 5.18. The lowest BCUT2D eigenvalue weighted by atomic mass is 9.77. The Balaban J connectivity index is 2.72. The first-order valence-corrected chi connectivity index (χ1v) is 7.87. The Morgan fingerprint density at radius 1 is 1.50 bits per heavy atom. The normalized spacial score (nSPS) is 26.9. The Morgan fingerprint density at radius 3 is 2.80 bits per heavy atom. The number of carbonyl (C=O) groups excluding carboxylic acids is 1. The number of methoxy groups -OCH3 is 1. The number of hydrogen-bond acceptors (Lipinski definition) is 4. The average Bonchev–Trinajstić information content (AvgIpc) is 2.46. The summed E-state index contributed by atoms with van der Waals surface area (Å²) in [6.45, 7) is 7.75. The number of likely N-dealkylation sites (N-methyl/N-ethyl adjacent to an activating group) is 1. The van der Waals surface area contributed by atoms with Crippen LogP contribution in [-0.2, 0) is 9.53 Å². The van der Waals surface area contributed by atoms with Gasteiger partial charge in [-0.05, 0) is 45.2 Å². The molecule has 0 radical (unpaired) electrons. The van der Waals surface area contributed by atoms with Crippen LogP contribution in [0.2, 0.25) is 0 Å². The van der Waals surface area contributed by atoms with Gasteiger partial charge in [-0.1, -0.05) is 13.8 Å². The molecule has 1 amide bonds. The van der Waals surface area contributed by atoms with E-state index in [4.69, 9.17) is 10.5 Å². The minimum Gasteiger partial charge on any atom is -0.383 e. The molecule has 0 aromatic carbocycles. The molecule has 2 atom stereocenters. The van der Waals surface area contributed by atoms with Crippen LogP contribution >= 0.6 is 0 Å². The number of primary amides is 1. The highest BCUT2D eigenvalue weighted by molar-refractivity contribution is 5.84. The van der Waals surface area contributed by atoms with E-state index >= 15 is 0 Å². The number of nitrogens with two attached hydrogens (primary N) is 1. The Morgan fingerprint density at radius 2 is 2.25 bits per heavy atom. The standard InChI is InChI=1S/C15H31N3O2/c1-4-9-17-15(14(16)19)8-6-7-13(12-15)18(5-2)10-11-20-3/h13,17H,4-12H2,1-3H3,(H2,16,19). The van der Waals surface area contributed by atoms with Gasteiger partial charge < -0.3 is 15.8 Å². The van der Waals surface area contributed by atoms with Gasteiger partial charge >= 0.3 is 0 Å². The smallest absolute Gasteiger partial charge is 0.237 e. The zero-order chi connectivity index (χ0) is 15.0. The maximum absolute atomic E-state index is 12.0. The van der Waals surface area contributed by atoms with E-state index < -0.39 is 5.54 Å². The van der Waals surface area contributed by atoms with Gasteiger partial charge in [-0.2, -0.15) is 0 Å². The quantitative estimate of drug-likeness (QED) is 0.666. The highest BCUT2D eigenvalue weighted by atomic mass is 16.5. The fourth-order valence-electron chi connectivity index (χ4n) is 3.20. The fraction of sp³-hybridized carbons (Fsp3) is 0.933. The molecular weight excluding hydrogens is 254 g/mol. The van der Waals surface area contributed by atoms with Crippen molar-refractivity contribution in [3.05, 3.63) is 0 Å². The molecule has 5 nitrogen and oxygen atoms in total. The molecule has 0 spiro atoms. The lowest BCUT2D eigenvalue weighted by Gasteiger charge is -2.43. The van der Waals surface area contributed by atoms with E-state index in [0.29, 0.717) is 6.04 Å². The Labute approximate surface area is 123 Å². The van der Waals surface area contributed by atoms with Gasteiger partial charge in [0, 0.05) is 19.7 Å². The van der Waals surface area contributed by atoms with Crippen molar-refractivity contribution >= 4 is 5.91 Å². The molecule has 0 saturated heterocycles. The molecule has 0 aromatic heterocycles. The first-order valence-electron chi connectivity index (χ1n) is 7.87. The molecule has 118 valence electrons. The summed E-state index contributed by atoms with van der Waals surface area (Å²) in [5, 5.41) is 3.42. The van der Waals surface area contributed by atoms with Crippen LogP contribution in [0.25, 0.3) is 0 Å². The molecule has 0 aromatic rings. The molecule has 0 bridgehead atoms. The topological polar surface area (TPSA) is 67.6 Å². The third kappa shape index (κ3) is 4.43. The van der Waals surface area contributed by atoms with Crippen molar-refractivity contribution in [2.75, 3.05) is 33.4 Å². The second-order valence-electron chi connectivity index (χ2n) is 5.74. The average molecular weight is 285 g/mol. The zero-order valence-corrected chi connectivity index (χ0v) is 13.3. The van der Waals surface area contributed by atoms with E-state index in [-0.39, 0.29) is 5.91 Å². The second kappa shape index (κ2) is 8.60. The number of nitrogens with one attached hydrogen (secondary N) is 1. The largest absolute Gasteiger partial charge is 0.383 e. The molecular formula is C15H31N3O2. The summed E-state index contributed by atoms with van der Waals surface area (Å²) in [5.41, 5.74) is 5.19. The summed E-state index contributed by atoms with van der Waals surface area (Å²) in [5.74, 6) is -0.196. The monoisotopic (exact) mass is 285 g/mol. The molecule has 1 aliphatic rings. The van der Waals surface area contributed by atoms with Crippen LogP contribution in [0.3, 0.4) is 0 Å². The minimum atomic E-state index is -0.514. The van der Waals surface area contributed by atoms with Gasteiger partial charge in [-0.3, -0.25) is 9.69 Å². The molecule has 1 saturated carbocycles. The number of amides is 1. The van der Waals surface area contributed by atoms with E-state index in [0.717, 1.165) is 58.3 Å². The van der Waals surface area contributed by atoms with Gasteiger partial charge in [0.2, 0.25) is 5.91 Å². The molecule has 1 fully saturated rings. The van der Waals surface area contributed by atoms with Crippen molar-refractivity contribution in [1.82, 2.24) is 10.2 Å². The summed E-state index contributed by atoms with van der Waals surface area (Å²) in [7, 11) is 1.73. The van der Waals surface area contributed by atoms with Gasteiger partial charge in [0.05, 0.1) is 12.1 Å². The third-order valence-corrected chi connectivity index (χ3v) is 4.42. The zero-order valence-electron chi connectivity index (χ0n) is 13.3. The lowest BCUT2D eigenvalue weighted by Crippen LogP contribution is -2.61. The van der Waals surface area contributed by atoms with Gasteiger partial charge in [0.15, 0.2) is 0 Å². The number of ether oxygens (including phenoxy) is 1. The summed E-state index contributed by atoms with van der Waals surface area (Å²) in [6.07, 6.45) is 4.88. The maximum Gasteiger partial charge on any atom is 0.237 e. The maximum atomic E-state index is 12.0. The van der Waals surface area contributed by atoms with E-state index in [9.17, 15) is 4.79 Å². The van der Waals surface area contributed by atoms with E-state index in [1.165, 1.54) is 0 Å². The Bertz CT molecular complexity index is 299. The van der Waals surface area contributed by atoms with Crippen LogP contribution in [0.1, 0.15) is 46.0 Å². The molecule has 0 heterocycles. The molecule has 0 aliphatic heterocycles. The van der Waals surface area contributed by atoms with Crippen LogP contribution in [0, 0.1) is 0 Å². The number of hydrogen-bond donors (Lipinski definition) is 2. The first kappa shape index (κ1) is 17.4. The predicted octanol–water partition coefficient (Wildman–Crippen LogP) is 1.12. The molecule has 20 heavy (non-hydrogen) atoms. The number of rotatable bonds is 9. The summed E-state index contributed by atoms with van der Waals surface area (Å²) in [6, 6.07) is 0.417. The summed E-state index contributed by atoms with van der Waals surface area (Å²) >= 11 is 0. The van der Waals surface area contributed by atoms with Crippen molar-refractivity contribution in [1.29, 1.82) is 0 Å². The SMILES string of the molecule is CCCNC1(C(N)=O)CCCC(N(CC)CCOC)C1. The lowest BCUT2D eigenvalue weighted by molar-refractivity contribution is -0.126. The minimum absolute atomic E-state index is 0.196. The van der Waals surface area contributed by atoms with Crippen LogP contribution in [0.15, 0.2) is 0 Å². The van der Waals surface area contributed by atoms with Crippen molar-refractivity contribution in [2.24, 2.45) is 5.73 Å². The molecule has 2 unspecified atom stereocenters. The van der Waals surface area contributed by atoms with Gasteiger partial charge in [-0.25, -0.2) is 0 Å². The first-order chi connectivity index (χ1) is 9.59. The van der Waals surface area contributed by atoms with E-state index in [1.54, 1.807) is 7.11 Å². The molecule has 1 aliphatic carbocycles. The van der Waals surface area contributed by atoms with Crippen molar-refractivity contribution in [3.8, 4) is 0 Å². The predicted molar refractivity (Wildman–Crippen MR) is 81.6 cm³/mol. The Hall–Kier alpha value is -0.650. The molecule has 3 N–H and O–H groups in total. The highest BCUT2D eigenvalue weighted by Gasteiger charge is 2.42. The number of carbonyl (C=O) groups is 1. The fourth-order valence-corrected chi connectivity index (χ4v) is 3.20. The van der Waals surface area contributed by atoms with Crippen molar-refractivity contribution in [2.45, 2.75) is 57.5 Å². The van der Waals surface area contributed by atoms with E-state index in [1.807, 2.05) is 0 Å².